The number of carbonyl (C=O) groups excluding carboxylic acids is 4. The molecular weight excluding hydrogens is 747 g/mol. The first kappa shape index (κ1) is 43.2. The van der Waals surface area contributed by atoms with Gasteiger partial charge in [-0.15, -0.1) is 10.2 Å². The highest BCUT2D eigenvalue weighted by atomic mass is 16.6. The minimum Gasteiger partial charge on any atom is -0.494 e. The number of benzene rings is 2. The average Bonchev–Trinajstić information content (AvgIpc) is 3.26. The fraction of sp³-hybridized carbons (Fsp3) is 0.488. The number of nitrogens with one attached hydrogen (secondary N) is 3. The first-order chi connectivity index (χ1) is 29.0. The molecule has 0 aliphatic heterocycles. The maximum atomic E-state index is 12.6. The summed E-state index contributed by atoms with van der Waals surface area (Å²) >= 11 is 0. The van der Waals surface area contributed by atoms with Crippen LogP contribution in [0.5, 0.6) is 11.5 Å². The van der Waals surface area contributed by atoms with E-state index in [0.29, 0.717) is 86.1 Å². The van der Waals surface area contributed by atoms with Gasteiger partial charge in [0.1, 0.15) is 29.0 Å². The highest BCUT2D eigenvalue weighted by molar-refractivity contribution is 5.81. The molecule has 2 atom stereocenters. The van der Waals surface area contributed by atoms with Crippen molar-refractivity contribution in [1.29, 1.82) is 0 Å². The summed E-state index contributed by atoms with van der Waals surface area (Å²) in [5.41, 5.74) is 3.12. The quantitative estimate of drug-likeness (QED) is 0.0417. The Labute approximate surface area is 343 Å². The lowest BCUT2D eigenvalue weighted by molar-refractivity contribution is -0.152. The van der Waals surface area contributed by atoms with Gasteiger partial charge in [-0.3, -0.25) is 24.2 Å². The van der Waals surface area contributed by atoms with Gasteiger partial charge in [-0.25, -0.2) is 0 Å². The first-order valence-corrected chi connectivity index (χ1v) is 19.3. The van der Waals surface area contributed by atoms with Crippen LogP contribution in [0.3, 0.4) is 0 Å². The van der Waals surface area contributed by atoms with Gasteiger partial charge in [0.15, 0.2) is 0 Å². The van der Waals surface area contributed by atoms with Crippen LogP contribution in [0.4, 0.5) is 28.4 Å². The summed E-state index contributed by atoms with van der Waals surface area (Å²) in [6.45, 7) is 5.86. The van der Waals surface area contributed by atoms with Gasteiger partial charge in [0.25, 0.3) is 0 Å². The Morgan fingerprint density at radius 1 is 0.776 bits per heavy atom. The first-order valence-electron chi connectivity index (χ1n) is 20.5. The normalized spacial score (nSPS) is 12.6. The fourth-order valence-corrected chi connectivity index (χ4v) is 5.37. The minimum atomic E-state index is -1.58. The number of aromatic nitrogens is 1. The number of ether oxygens (including phenoxy) is 4. The highest BCUT2D eigenvalue weighted by Crippen LogP contribution is 2.41. The minimum absolute atomic E-state index is 0.0308. The van der Waals surface area contributed by atoms with E-state index in [2.05, 4.69) is 46.3 Å². The van der Waals surface area contributed by atoms with Gasteiger partial charge >= 0.3 is 5.97 Å². The van der Waals surface area contributed by atoms with Gasteiger partial charge in [-0.2, -0.15) is 10.2 Å². The Balaban J connectivity index is 1.37. The molecule has 2 unspecified atom stereocenters. The molecule has 0 fully saturated rings. The molecule has 58 heavy (non-hydrogen) atoms. The molecule has 1 aromatic heterocycles. The summed E-state index contributed by atoms with van der Waals surface area (Å²) in [6.07, 6.45) is 5.50. The molecule has 3 amide bonds. The Morgan fingerprint density at radius 2 is 1.40 bits per heavy atom. The Morgan fingerprint density at radius 3 is 2.02 bits per heavy atom. The number of amides is 3. The van der Waals surface area contributed by atoms with Gasteiger partial charge in [-0.1, -0.05) is 13.3 Å². The largest absolute Gasteiger partial charge is 0.494 e. The lowest BCUT2D eigenvalue weighted by Gasteiger charge is -2.23. The predicted molar refractivity (Wildman–Crippen MR) is 220 cm³/mol. The zero-order chi connectivity index (χ0) is 43.5. The number of rotatable bonds is 27. The molecule has 17 heteroatoms. The zero-order valence-electron chi connectivity index (χ0n) is 35.8. The summed E-state index contributed by atoms with van der Waals surface area (Å²) in [6, 6.07) is 14.4. The number of hydrogen-bond acceptors (Lipinski definition) is 14. The molecule has 0 bridgehead atoms. The van der Waals surface area contributed by atoms with Crippen molar-refractivity contribution < 1.29 is 40.9 Å². The second-order valence-electron chi connectivity index (χ2n) is 12.9. The molecule has 0 radical (unpaired) electrons. The van der Waals surface area contributed by atoms with Crippen molar-refractivity contribution in [1.82, 2.24) is 20.9 Å². The maximum absolute atomic E-state index is 12.6. The summed E-state index contributed by atoms with van der Waals surface area (Å²) in [5.74, 6) is -0.329. The highest BCUT2D eigenvalue weighted by Gasteiger charge is 2.17. The number of methoxy groups -OCH3 is 3. The van der Waals surface area contributed by atoms with E-state index in [1.54, 1.807) is 36.7 Å². The molecule has 3 aromatic rings. The van der Waals surface area contributed by atoms with Crippen LogP contribution >= 0.6 is 0 Å². The third kappa shape index (κ3) is 17.4. The summed E-state index contributed by atoms with van der Waals surface area (Å²) in [5, 5.41) is 25.6. The van der Waals surface area contributed by atoms with E-state index in [-0.39, 0.29) is 50.1 Å². The van der Waals surface area contributed by atoms with E-state index < -0.39 is 19.1 Å². The van der Waals surface area contributed by atoms with Crippen LogP contribution in [0.15, 0.2) is 81.4 Å². The molecule has 0 saturated heterocycles. The van der Waals surface area contributed by atoms with Crippen molar-refractivity contribution in [2.75, 3.05) is 65.5 Å². The molecule has 1 heterocycles. The van der Waals surface area contributed by atoms with Gasteiger partial charge in [0, 0.05) is 82.7 Å². The van der Waals surface area contributed by atoms with Crippen molar-refractivity contribution >= 4 is 52.1 Å². The molecular formula is C41H57N9O8. The summed E-state index contributed by atoms with van der Waals surface area (Å²) in [4.78, 5) is 55.1. The smallest absolute Gasteiger partial charge is 0.306 e. The topological polar surface area (TPSA) is 207 Å². The maximum Gasteiger partial charge on any atom is 0.306 e. The van der Waals surface area contributed by atoms with Gasteiger partial charge in [-0.05, 0) is 62.6 Å². The molecule has 3 rings (SSSR count). The summed E-state index contributed by atoms with van der Waals surface area (Å²) < 4.78 is 35.8. The molecule has 0 saturated carbocycles. The predicted octanol–water partition coefficient (Wildman–Crippen LogP) is 6.80. The van der Waals surface area contributed by atoms with E-state index >= 15 is 0 Å². The molecule has 0 spiro atoms. The van der Waals surface area contributed by atoms with E-state index in [1.807, 2.05) is 38.1 Å². The average molecular weight is 807 g/mol. The van der Waals surface area contributed by atoms with Gasteiger partial charge in [0.05, 0.1) is 47.9 Å². The standard InChI is InChI=1S/C41H57N9O8/c1-6-21-43-39(52)16-17-41(54)58-33(29-55-3)28-45-38(51)11-9-8-10-22-44-40(53)20-25-50(7-2)32-14-12-30(13-15-32)46-48-34-26-37(57-5)35(27-36(34)56-4)49-47-31-18-23-42-24-19-31/h12-15,18-19,23-24,26-27,33H,6-11,16-17,20-22,25,28-29H2,1-5H3,(H,43,52)(H,44,53)(H,45,51)/i3TD. The number of azo groups is 2. The molecule has 0 aliphatic carbocycles. The van der Waals surface area contributed by atoms with Gasteiger partial charge in [0.2, 0.25) is 17.7 Å². The SMILES string of the molecule is [2H]C([3H])OCC(CNC(=O)CCCCCNC(=O)CCN(CC)c1ccc(N=Nc2cc(OC)c(N=Nc3ccncc3)cc2OC)cc1)OC(=O)CCC(=O)NCCC. The Hall–Kier alpha value is -5.97. The van der Waals surface area contributed by atoms with Crippen LogP contribution < -0.4 is 30.3 Å². The molecule has 3 N–H and O–H groups in total. The van der Waals surface area contributed by atoms with Crippen molar-refractivity contribution in [2.45, 2.75) is 71.3 Å². The van der Waals surface area contributed by atoms with Crippen LogP contribution in [-0.4, -0.2) is 95.4 Å². The molecule has 314 valence electrons. The Kier molecular flexibility index (Phi) is 19.9. The van der Waals surface area contributed by atoms with Crippen molar-refractivity contribution in [2.24, 2.45) is 20.5 Å². The van der Waals surface area contributed by atoms with E-state index in [1.165, 1.54) is 14.2 Å². The Bertz CT molecular complexity index is 1840. The molecule has 2 aromatic carbocycles. The number of anilines is 1. The van der Waals surface area contributed by atoms with E-state index in [4.69, 9.17) is 21.7 Å². The second-order valence-corrected chi connectivity index (χ2v) is 12.9. The lowest BCUT2D eigenvalue weighted by atomic mass is 10.2. The van der Waals surface area contributed by atoms with E-state index in [0.717, 1.165) is 12.1 Å². The molecule has 17 nitrogen and oxygen atoms in total. The van der Waals surface area contributed by atoms with Crippen molar-refractivity contribution in [3.05, 3.63) is 60.9 Å². The number of carbonyl (C=O) groups is 4. The van der Waals surface area contributed by atoms with Gasteiger partial charge < -0.3 is 39.8 Å². The van der Waals surface area contributed by atoms with Crippen LogP contribution in [0.2, 0.25) is 0 Å². The number of unbranched alkanes of at least 4 members (excludes halogenated alkanes) is 2. The monoisotopic (exact) mass is 806 g/mol. The summed E-state index contributed by atoms with van der Waals surface area (Å²) in [7, 11) is 1.49. The second kappa shape index (κ2) is 26.8. The van der Waals surface area contributed by atoms with Crippen LogP contribution in [0.1, 0.15) is 68.0 Å². The molecule has 0 aliphatic rings. The van der Waals surface area contributed by atoms with Crippen molar-refractivity contribution in [3.63, 3.8) is 0 Å². The lowest BCUT2D eigenvalue weighted by Crippen LogP contribution is -2.37. The number of hydrogen-bond donors (Lipinski definition) is 3. The third-order valence-electron chi connectivity index (χ3n) is 8.53. The number of esters is 1. The van der Waals surface area contributed by atoms with E-state index in [9.17, 15) is 19.2 Å². The zero-order valence-corrected chi connectivity index (χ0v) is 33.8. The van der Waals surface area contributed by atoms with Crippen LogP contribution in [-0.2, 0) is 28.7 Å². The fourth-order valence-electron chi connectivity index (χ4n) is 5.37. The van der Waals surface area contributed by atoms with Crippen LogP contribution in [0, 0.1) is 0 Å². The van der Waals surface area contributed by atoms with Crippen molar-refractivity contribution in [3.8, 4) is 11.5 Å². The number of pyridine rings is 1. The number of nitrogens with zero attached hydrogens (tertiary/aromatic N) is 6. The van der Waals surface area contributed by atoms with Crippen LogP contribution in [0.25, 0.3) is 0 Å². The third-order valence-corrected chi connectivity index (χ3v) is 8.53.